The Morgan fingerprint density at radius 1 is 0.765 bits per heavy atom. The van der Waals surface area contributed by atoms with Crippen LogP contribution in [-0.2, 0) is 0 Å². The molecule has 3 fully saturated rings. The zero-order valence-electron chi connectivity index (χ0n) is 12.0. The topological polar surface area (TPSA) is 0 Å². The van der Waals surface area contributed by atoms with Crippen LogP contribution in [0.1, 0.15) is 72.1 Å². The highest BCUT2D eigenvalue weighted by Crippen LogP contribution is 2.65. The van der Waals surface area contributed by atoms with Crippen molar-refractivity contribution in [2.75, 3.05) is 0 Å². The Labute approximate surface area is 108 Å². The normalized spacial score (nSPS) is 50.1. The smallest absolute Gasteiger partial charge is 0.0241 e. The lowest BCUT2D eigenvalue weighted by Gasteiger charge is -2.44. The molecule has 0 N–H and O–H groups in total. The highest BCUT2D eigenvalue weighted by Gasteiger charge is 2.58. The lowest BCUT2D eigenvalue weighted by molar-refractivity contribution is 0.0478. The minimum atomic E-state index is 0.677. The van der Waals surface area contributed by atoms with Crippen molar-refractivity contribution in [3.8, 4) is 0 Å². The lowest BCUT2D eigenvalue weighted by atomic mass is 9.61. The number of fused-ring (bicyclic) bond motifs is 3. The van der Waals surface area contributed by atoms with Crippen molar-refractivity contribution in [1.82, 2.24) is 0 Å². The molecule has 0 nitrogen and oxygen atoms in total. The fraction of sp³-hybridized carbons (Fsp3) is 1.00. The van der Waals surface area contributed by atoms with Gasteiger partial charge in [-0.15, -0.1) is 0 Å². The molecule has 0 aromatic heterocycles. The van der Waals surface area contributed by atoms with Crippen molar-refractivity contribution < 1.29 is 0 Å². The van der Waals surface area contributed by atoms with Crippen molar-refractivity contribution in [2.24, 2.45) is 35.0 Å². The second-order valence-electron chi connectivity index (χ2n) is 7.63. The molecule has 0 radical (unpaired) electrons. The van der Waals surface area contributed by atoms with Gasteiger partial charge in [-0.3, -0.25) is 0 Å². The van der Waals surface area contributed by atoms with Gasteiger partial charge in [0.05, 0.1) is 0 Å². The number of hydrogen-bond acceptors (Lipinski definition) is 0. The third-order valence-corrected chi connectivity index (χ3v) is 7.03. The molecule has 0 aromatic rings. The van der Waals surface area contributed by atoms with Crippen molar-refractivity contribution in [3.05, 3.63) is 0 Å². The monoisotopic (exact) mass is 234 g/mol. The number of rotatable bonds is 1. The van der Waals surface area contributed by atoms with E-state index in [9.17, 15) is 0 Å². The summed E-state index contributed by atoms with van der Waals surface area (Å²) in [5.41, 5.74) is 0.677. The van der Waals surface area contributed by atoms with Crippen LogP contribution in [0.4, 0.5) is 0 Å². The molecule has 0 heterocycles. The van der Waals surface area contributed by atoms with Gasteiger partial charge in [-0.25, -0.2) is 0 Å². The summed E-state index contributed by atoms with van der Waals surface area (Å²) in [7, 11) is 0. The van der Waals surface area contributed by atoms with Gasteiger partial charge in [0, 0.05) is 0 Å². The zero-order chi connectivity index (χ0) is 12.0. The maximum atomic E-state index is 2.66. The molecule has 3 rings (SSSR count). The summed E-state index contributed by atoms with van der Waals surface area (Å²) < 4.78 is 0. The van der Waals surface area contributed by atoms with Crippen molar-refractivity contribution >= 4 is 0 Å². The van der Waals surface area contributed by atoms with Crippen LogP contribution in [0.15, 0.2) is 0 Å². The molecule has 0 bridgehead atoms. The minimum Gasteiger partial charge on any atom is -0.0622 e. The first-order valence-corrected chi connectivity index (χ1v) is 8.15. The third-order valence-electron chi connectivity index (χ3n) is 7.03. The fourth-order valence-electron chi connectivity index (χ4n) is 6.02. The van der Waals surface area contributed by atoms with Gasteiger partial charge in [-0.2, -0.15) is 0 Å². The van der Waals surface area contributed by atoms with Gasteiger partial charge >= 0.3 is 0 Å². The Morgan fingerprint density at radius 2 is 1.18 bits per heavy atom. The summed E-state index contributed by atoms with van der Waals surface area (Å²) >= 11 is 0. The maximum Gasteiger partial charge on any atom is -0.0241 e. The average molecular weight is 234 g/mol. The Balaban J connectivity index is 1.95. The molecule has 3 saturated carbocycles. The van der Waals surface area contributed by atoms with Gasteiger partial charge in [-0.1, -0.05) is 46.5 Å². The lowest BCUT2D eigenvalue weighted by Crippen LogP contribution is -2.37. The summed E-state index contributed by atoms with van der Waals surface area (Å²) in [5, 5.41) is 0. The van der Waals surface area contributed by atoms with Crippen LogP contribution in [0.2, 0.25) is 0 Å². The van der Waals surface area contributed by atoms with Crippen LogP contribution in [0.25, 0.3) is 0 Å². The van der Waals surface area contributed by atoms with Crippen molar-refractivity contribution in [3.63, 3.8) is 0 Å². The standard InChI is InChI=1S/C17H30/c1-12(2)17(3)15-10-6-4-8-13(15)14-9-5-7-11-16(14)17/h12-16H,4-11H2,1-3H3/t13-,14-,15-,16-/m1/s1. The quantitative estimate of drug-likeness (QED) is 0.579. The van der Waals surface area contributed by atoms with Crippen LogP contribution in [0.3, 0.4) is 0 Å². The van der Waals surface area contributed by atoms with E-state index in [2.05, 4.69) is 20.8 Å². The highest BCUT2D eigenvalue weighted by atomic mass is 14.6. The molecule has 4 atom stereocenters. The Morgan fingerprint density at radius 3 is 1.59 bits per heavy atom. The van der Waals surface area contributed by atoms with E-state index in [4.69, 9.17) is 0 Å². The maximum absolute atomic E-state index is 2.66. The second kappa shape index (κ2) is 4.28. The van der Waals surface area contributed by atoms with E-state index < -0.39 is 0 Å². The van der Waals surface area contributed by atoms with E-state index in [1.807, 2.05) is 0 Å². The van der Waals surface area contributed by atoms with E-state index in [0.29, 0.717) is 5.41 Å². The molecule has 0 saturated heterocycles. The summed E-state index contributed by atoms with van der Waals surface area (Å²) in [5.74, 6) is 5.26. The van der Waals surface area contributed by atoms with E-state index in [1.165, 1.54) is 25.7 Å². The first-order chi connectivity index (χ1) is 8.15. The van der Waals surface area contributed by atoms with E-state index in [1.54, 1.807) is 25.7 Å². The summed E-state index contributed by atoms with van der Waals surface area (Å²) in [6.45, 7) is 7.67. The van der Waals surface area contributed by atoms with E-state index in [0.717, 1.165) is 29.6 Å². The Kier molecular flexibility index (Phi) is 3.04. The SMILES string of the molecule is CC(C)C1(C)[C@@H]2CCCC[C@@H]2[C@H]2CCCC[C@H]21. The Hall–Kier alpha value is 0. The average Bonchev–Trinajstić information content (AvgIpc) is 2.63. The molecule has 0 aliphatic heterocycles. The first kappa shape index (κ1) is 12.1. The molecule has 17 heavy (non-hydrogen) atoms. The zero-order valence-corrected chi connectivity index (χ0v) is 12.0. The molecule has 98 valence electrons. The molecule has 3 aliphatic rings. The third kappa shape index (κ3) is 1.62. The van der Waals surface area contributed by atoms with Gasteiger partial charge in [-0.05, 0) is 60.7 Å². The summed E-state index contributed by atoms with van der Waals surface area (Å²) in [6.07, 6.45) is 12.3. The van der Waals surface area contributed by atoms with Gasteiger partial charge in [0.25, 0.3) is 0 Å². The van der Waals surface area contributed by atoms with Gasteiger partial charge < -0.3 is 0 Å². The molecule has 0 spiro atoms. The largest absolute Gasteiger partial charge is 0.0622 e. The minimum absolute atomic E-state index is 0.677. The second-order valence-corrected chi connectivity index (χ2v) is 7.63. The molecule has 0 amide bonds. The van der Waals surface area contributed by atoms with Crippen molar-refractivity contribution in [2.45, 2.75) is 72.1 Å². The van der Waals surface area contributed by atoms with E-state index in [-0.39, 0.29) is 0 Å². The molecule has 3 aliphatic carbocycles. The Bertz CT molecular complexity index is 256. The summed E-state index contributed by atoms with van der Waals surface area (Å²) in [4.78, 5) is 0. The van der Waals surface area contributed by atoms with Gasteiger partial charge in [0.2, 0.25) is 0 Å². The molecule has 0 heteroatoms. The van der Waals surface area contributed by atoms with Crippen LogP contribution < -0.4 is 0 Å². The predicted octanol–water partition coefficient (Wildman–Crippen LogP) is 5.28. The highest BCUT2D eigenvalue weighted by molar-refractivity contribution is 5.06. The van der Waals surface area contributed by atoms with Gasteiger partial charge in [0.1, 0.15) is 0 Å². The van der Waals surface area contributed by atoms with Crippen LogP contribution in [-0.4, -0.2) is 0 Å². The molecule has 0 unspecified atom stereocenters. The summed E-state index contributed by atoms with van der Waals surface area (Å²) in [6, 6.07) is 0. The van der Waals surface area contributed by atoms with Crippen molar-refractivity contribution in [1.29, 1.82) is 0 Å². The molecular formula is C17H30. The number of hydrogen-bond donors (Lipinski definition) is 0. The van der Waals surface area contributed by atoms with Crippen LogP contribution in [0, 0.1) is 35.0 Å². The first-order valence-electron chi connectivity index (χ1n) is 8.15. The van der Waals surface area contributed by atoms with Gasteiger partial charge in [0.15, 0.2) is 0 Å². The fourth-order valence-corrected chi connectivity index (χ4v) is 6.02. The van der Waals surface area contributed by atoms with Crippen LogP contribution >= 0.6 is 0 Å². The van der Waals surface area contributed by atoms with Crippen LogP contribution in [0.5, 0.6) is 0 Å². The molecule has 0 aromatic carbocycles. The molecular weight excluding hydrogens is 204 g/mol. The predicted molar refractivity (Wildman–Crippen MR) is 73.8 cm³/mol. The van der Waals surface area contributed by atoms with E-state index >= 15 is 0 Å².